The molecule has 1 nitrogen and oxygen atoms in total. The highest BCUT2D eigenvalue weighted by Gasteiger charge is 2.33. The highest BCUT2D eigenvalue weighted by atomic mass is 15.0. The van der Waals surface area contributed by atoms with E-state index in [9.17, 15) is 0 Å². The molecular weight excluding hydrogens is 110 g/mol. The van der Waals surface area contributed by atoms with Crippen LogP contribution in [0.2, 0.25) is 0 Å². The normalized spacial score (nSPS) is 41.6. The summed E-state index contributed by atoms with van der Waals surface area (Å²) in [6.45, 7) is 5.11. The Morgan fingerprint density at radius 3 is 3.11 bits per heavy atom. The molecule has 1 saturated carbocycles. The minimum absolute atomic E-state index is 0.803. The van der Waals surface area contributed by atoms with Gasteiger partial charge in [0.25, 0.3) is 0 Å². The van der Waals surface area contributed by atoms with Gasteiger partial charge in [-0.15, -0.1) is 0 Å². The molecule has 0 aromatic carbocycles. The van der Waals surface area contributed by atoms with E-state index in [0.29, 0.717) is 0 Å². The lowest BCUT2D eigenvalue weighted by molar-refractivity contribution is 0.551. The first-order valence-corrected chi connectivity index (χ1v) is 3.79. The average molecular weight is 123 g/mol. The van der Waals surface area contributed by atoms with Gasteiger partial charge in [0.05, 0.1) is 0 Å². The third-order valence-electron chi connectivity index (χ3n) is 2.63. The van der Waals surface area contributed by atoms with Crippen LogP contribution in [0.15, 0.2) is 12.2 Å². The molecule has 0 aromatic heterocycles. The van der Waals surface area contributed by atoms with E-state index in [-0.39, 0.29) is 0 Å². The fourth-order valence-electron chi connectivity index (χ4n) is 2.09. The number of fused-ring (bicyclic) bond motifs is 1. The molecule has 1 saturated heterocycles. The van der Waals surface area contributed by atoms with Crippen LogP contribution < -0.4 is 5.32 Å². The predicted molar refractivity (Wildman–Crippen MR) is 38.3 cm³/mol. The van der Waals surface area contributed by atoms with E-state index in [1.54, 1.807) is 0 Å². The van der Waals surface area contributed by atoms with Crippen molar-refractivity contribution in [2.45, 2.75) is 25.3 Å². The Balaban J connectivity index is 2.15. The summed E-state index contributed by atoms with van der Waals surface area (Å²) in [5.41, 5.74) is 1.44. The summed E-state index contributed by atoms with van der Waals surface area (Å²) in [6.07, 6.45) is 4.17. The maximum Gasteiger partial charge on any atom is 0.0168 e. The Hall–Kier alpha value is -0.300. The highest BCUT2D eigenvalue weighted by Crippen LogP contribution is 2.34. The number of hydrogen-bond donors (Lipinski definition) is 1. The van der Waals surface area contributed by atoms with Crippen LogP contribution in [-0.4, -0.2) is 12.6 Å². The van der Waals surface area contributed by atoms with Crippen LogP contribution in [0.5, 0.6) is 0 Å². The van der Waals surface area contributed by atoms with Crippen LogP contribution in [0.25, 0.3) is 0 Å². The van der Waals surface area contributed by atoms with E-state index in [1.807, 2.05) is 0 Å². The van der Waals surface area contributed by atoms with Gasteiger partial charge in [-0.05, 0) is 18.8 Å². The standard InChI is InChI=1S/C8H13N/c1-6-5-9-8-4-2-3-7(6)8/h7-9H,1-5H2. The van der Waals surface area contributed by atoms with Gasteiger partial charge in [0.1, 0.15) is 0 Å². The van der Waals surface area contributed by atoms with Gasteiger partial charge in [-0.1, -0.05) is 18.6 Å². The highest BCUT2D eigenvalue weighted by molar-refractivity contribution is 5.15. The van der Waals surface area contributed by atoms with Crippen LogP contribution in [0.4, 0.5) is 0 Å². The molecule has 2 fully saturated rings. The molecule has 2 aliphatic rings. The first-order valence-electron chi connectivity index (χ1n) is 3.79. The van der Waals surface area contributed by atoms with Crippen LogP contribution >= 0.6 is 0 Å². The summed E-state index contributed by atoms with van der Waals surface area (Å²) in [6, 6.07) is 0.803. The van der Waals surface area contributed by atoms with Crippen molar-refractivity contribution in [1.29, 1.82) is 0 Å². The summed E-state index contributed by atoms with van der Waals surface area (Å²) in [4.78, 5) is 0. The van der Waals surface area contributed by atoms with E-state index >= 15 is 0 Å². The molecule has 2 rings (SSSR count). The van der Waals surface area contributed by atoms with E-state index in [4.69, 9.17) is 0 Å². The number of rotatable bonds is 0. The maximum atomic E-state index is 4.03. The predicted octanol–water partition coefficient (Wildman–Crippen LogP) is 1.31. The molecule has 1 N–H and O–H groups in total. The lowest BCUT2D eigenvalue weighted by atomic mass is 10.0. The minimum Gasteiger partial charge on any atom is -0.310 e. The molecule has 50 valence electrons. The Morgan fingerprint density at radius 2 is 2.33 bits per heavy atom. The van der Waals surface area contributed by atoms with E-state index in [2.05, 4.69) is 11.9 Å². The van der Waals surface area contributed by atoms with Crippen molar-refractivity contribution in [3.63, 3.8) is 0 Å². The Labute approximate surface area is 56.1 Å². The monoisotopic (exact) mass is 123 g/mol. The number of hydrogen-bond acceptors (Lipinski definition) is 1. The molecule has 2 unspecified atom stereocenters. The van der Waals surface area contributed by atoms with Gasteiger partial charge in [-0.3, -0.25) is 0 Å². The minimum atomic E-state index is 0.803. The second-order valence-corrected chi connectivity index (χ2v) is 3.18. The Bertz CT molecular complexity index is 140. The fraction of sp³-hybridized carbons (Fsp3) is 0.750. The topological polar surface area (TPSA) is 12.0 Å². The van der Waals surface area contributed by atoms with Gasteiger partial charge in [0, 0.05) is 12.6 Å². The van der Waals surface area contributed by atoms with Crippen molar-refractivity contribution in [1.82, 2.24) is 5.32 Å². The van der Waals surface area contributed by atoms with Crippen LogP contribution in [0, 0.1) is 5.92 Å². The Morgan fingerprint density at radius 1 is 1.44 bits per heavy atom. The summed E-state index contributed by atoms with van der Waals surface area (Å²) < 4.78 is 0. The van der Waals surface area contributed by atoms with E-state index in [0.717, 1.165) is 18.5 Å². The van der Waals surface area contributed by atoms with E-state index < -0.39 is 0 Å². The molecule has 1 heteroatoms. The van der Waals surface area contributed by atoms with Crippen molar-refractivity contribution < 1.29 is 0 Å². The second kappa shape index (κ2) is 1.84. The quantitative estimate of drug-likeness (QED) is 0.479. The largest absolute Gasteiger partial charge is 0.310 e. The molecule has 0 amide bonds. The van der Waals surface area contributed by atoms with Gasteiger partial charge in [0.2, 0.25) is 0 Å². The molecule has 9 heavy (non-hydrogen) atoms. The second-order valence-electron chi connectivity index (χ2n) is 3.18. The molecule has 0 radical (unpaired) electrons. The Kier molecular flexibility index (Phi) is 1.12. The molecule has 0 bridgehead atoms. The zero-order chi connectivity index (χ0) is 6.27. The van der Waals surface area contributed by atoms with Crippen molar-refractivity contribution in [3.8, 4) is 0 Å². The molecule has 0 spiro atoms. The van der Waals surface area contributed by atoms with Crippen molar-refractivity contribution in [2.75, 3.05) is 6.54 Å². The molecular formula is C8H13N. The lowest BCUT2D eigenvalue weighted by Gasteiger charge is -2.06. The third kappa shape index (κ3) is 0.715. The van der Waals surface area contributed by atoms with Crippen LogP contribution in [0.3, 0.4) is 0 Å². The first kappa shape index (κ1) is 5.48. The average Bonchev–Trinajstić information content (AvgIpc) is 2.35. The van der Waals surface area contributed by atoms with Gasteiger partial charge in [0.15, 0.2) is 0 Å². The molecule has 2 atom stereocenters. The van der Waals surface area contributed by atoms with Gasteiger partial charge >= 0.3 is 0 Å². The van der Waals surface area contributed by atoms with Crippen LogP contribution in [-0.2, 0) is 0 Å². The molecule has 1 aliphatic carbocycles. The zero-order valence-electron chi connectivity index (χ0n) is 5.69. The summed E-state index contributed by atoms with van der Waals surface area (Å²) in [5.74, 6) is 0.838. The van der Waals surface area contributed by atoms with Crippen molar-refractivity contribution in [2.24, 2.45) is 5.92 Å². The smallest absolute Gasteiger partial charge is 0.0168 e. The summed E-state index contributed by atoms with van der Waals surface area (Å²) in [5, 5.41) is 3.47. The van der Waals surface area contributed by atoms with Gasteiger partial charge in [-0.25, -0.2) is 0 Å². The zero-order valence-corrected chi connectivity index (χ0v) is 5.69. The first-order chi connectivity index (χ1) is 4.38. The molecule has 1 aliphatic heterocycles. The summed E-state index contributed by atoms with van der Waals surface area (Å²) in [7, 11) is 0. The maximum absolute atomic E-state index is 4.03. The lowest BCUT2D eigenvalue weighted by Crippen LogP contribution is -2.21. The van der Waals surface area contributed by atoms with Gasteiger partial charge in [-0.2, -0.15) is 0 Å². The van der Waals surface area contributed by atoms with Crippen molar-refractivity contribution in [3.05, 3.63) is 12.2 Å². The fourth-order valence-corrected chi connectivity index (χ4v) is 2.09. The molecule has 1 heterocycles. The van der Waals surface area contributed by atoms with Crippen LogP contribution in [0.1, 0.15) is 19.3 Å². The van der Waals surface area contributed by atoms with Crippen molar-refractivity contribution >= 4 is 0 Å². The third-order valence-corrected chi connectivity index (χ3v) is 2.63. The van der Waals surface area contributed by atoms with Gasteiger partial charge < -0.3 is 5.32 Å². The molecule has 0 aromatic rings. The summed E-state index contributed by atoms with van der Waals surface area (Å²) >= 11 is 0. The van der Waals surface area contributed by atoms with E-state index in [1.165, 1.54) is 24.8 Å². The SMILES string of the molecule is C=C1CNC2CCCC12. The number of nitrogens with one attached hydrogen (secondary N) is 1.